The van der Waals surface area contributed by atoms with Gasteiger partial charge in [-0.25, -0.2) is 0 Å². The Kier molecular flexibility index (Phi) is 3.13. The van der Waals surface area contributed by atoms with Gasteiger partial charge in [-0.15, -0.1) is 0 Å². The number of ether oxygens (including phenoxy) is 2. The highest BCUT2D eigenvalue weighted by Crippen LogP contribution is 2.34. The van der Waals surface area contributed by atoms with Gasteiger partial charge in [0.2, 0.25) is 0 Å². The second kappa shape index (κ2) is 4.94. The van der Waals surface area contributed by atoms with Crippen molar-refractivity contribution in [3.63, 3.8) is 0 Å². The zero-order chi connectivity index (χ0) is 13.2. The van der Waals surface area contributed by atoms with E-state index in [1.165, 1.54) is 16.7 Å². The van der Waals surface area contributed by atoms with Crippen molar-refractivity contribution in [2.45, 2.75) is 13.1 Å². The highest BCUT2D eigenvalue weighted by molar-refractivity contribution is 5.73. The summed E-state index contributed by atoms with van der Waals surface area (Å²) in [6.07, 6.45) is 0. The van der Waals surface area contributed by atoms with Crippen LogP contribution in [0.4, 0.5) is 0 Å². The Hall–Kier alpha value is -2.00. The Labute approximate surface area is 113 Å². The minimum atomic E-state index is 0.842. The van der Waals surface area contributed by atoms with Crippen molar-refractivity contribution in [2.24, 2.45) is 0 Å². The van der Waals surface area contributed by atoms with Crippen molar-refractivity contribution in [1.29, 1.82) is 0 Å². The topological polar surface area (TPSA) is 30.5 Å². The van der Waals surface area contributed by atoms with E-state index in [9.17, 15) is 0 Å². The van der Waals surface area contributed by atoms with Crippen LogP contribution in [-0.4, -0.2) is 14.2 Å². The summed E-state index contributed by atoms with van der Waals surface area (Å²) in [6, 6.07) is 12.4. The zero-order valence-electron chi connectivity index (χ0n) is 11.2. The van der Waals surface area contributed by atoms with E-state index >= 15 is 0 Å². The maximum Gasteiger partial charge on any atom is 0.126 e. The predicted molar refractivity (Wildman–Crippen MR) is 75.5 cm³/mol. The molecule has 2 aromatic rings. The minimum absolute atomic E-state index is 0.842. The van der Waals surface area contributed by atoms with Gasteiger partial charge in [-0.1, -0.05) is 12.1 Å². The SMILES string of the molecule is COc1ccc(OC)c(-c2ccc3c(c2)CNC3)c1. The number of benzene rings is 2. The summed E-state index contributed by atoms with van der Waals surface area (Å²) in [5.41, 5.74) is 4.97. The van der Waals surface area contributed by atoms with E-state index < -0.39 is 0 Å². The first kappa shape index (κ1) is 12.1. The Bertz CT molecular complexity index is 608. The van der Waals surface area contributed by atoms with E-state index in [2.05, 4.69) is 23.5 Å². The van der Waals surface area contributed by atoms with Crippen LogP contribution in [0.25, 0.3) is 11.1 Å². The number of methoxy groups -OCH3 is 2. The van der Waals surface area contributed by atoms with Gasteiger partial charge in [0.05, 0.1) is 14.2 Å². The molecule has 0 saturated carbocycles. The first-order chi connectivity index (χ1) is 9.31. The standard InChI is InChI=1S/C16H17NO2/c1-18-14-5-6-16(19-2)15(8-14)11-3-4-12-9-17-10-13(12)7-11/h3-8,17H,9-10H2,1-2H3. The maximum atomic E-state index is 5.45. The van der Waals surface area contributed by atoms with E-state index in [-0.39, 0.29) is 0 Å². The van der Waals surface area contributed by atoms with Gasteiger partial charge in [-0.3, -0.25) is 0 Å². The van der Waals surface area contributed by atoms with Crippen molar-refractivity contribution in [3.05, 3.63) is 47.5 Å². The van der Waals surface area contributed by atoms with Crippen LogP contribution in [0.5, 0.6) is 11.5 Å². The number of fused-ring (bicyclic) bond motifs is 1. The van der Waals surface area contributed by atoms with Gasteiger partial charge in [0, 0.05) is 18.7 Å². The molecule has 3 rings (SSSR count). The Morgan fingerprint density at radius 2 is 1.74 bits per heavy atom. The van der Waals surface area contributed by atoms with Crippen LogP contribution in [-0.2, 0) is 13.1 Å². The summed E-state index contributed by atoms with van der Waals surface area (Å²) in [5, 5.41) is 3.36. The van der Waals surface area contributed by atoms with Gasteiger partial charge in [-0.05, 0) is 41.0 Å². The lowest BCUT2D eigenvalue weighted by molar-refractivity contribution is 0.404. The van der Waals surface area contributed by atoms with Crippen molar-refractivity contribution in [2.75, 3.05) is 14.2 Å². The number of nitrogens with one attached hydrogen (secondary N) is 1. The van der Waals surface area contributed by atoms with Crippen LogP contribution < -0.4 is 14.8 Å². The van der Waals surface area contributed by atoms with E-state index in [0.717, 1.165) is 30.2 Å². The fraction of sp³-hybridized carbons (Fsp3) is 0.250. The predicted octanol–water partition coefficient (Wildman–Crippen LogP) is 2.97. The van der Waals surface area contributed by atoms with Crippen LogP contribution >= 0.6 is 0 Å². The number of hydrogen-bond acceptors (Lipinski definition) is 3. The molecule has 0 saturated heterocycles. The Balaban J connectivity index is 2.10. The molecule has 0 atom stereocenters. The van der Waals surface area contributed by atoms with Gasteiger partial charge in [-0.2, -0.15) is 0 Å². The minimum Gasteiger partial charge on any atom is -0.497 e. The molecule has 1 heterocycles. The highest BCUT2D eigenvalue weighted by Gasteiger charge is 2.13. The quantitative estimate of drug-likeness (QED) is 0.914. The molecule has 0 aromatic heterocycles. The second-order valence-corrected chi connectivity index (χ2v) is 4.65. The van der Waals surface area contributed by atoms with Crippen LogP contribution in [0.2, 0.25) is 0 Å². The molecule has 1 N–H and O–H groups in total. The molecule has 2 aromatic carbocycles. The third kappa shape index (κ3) is 2.17. The summed E-state index contributed by atoms with van der Waals surface area (Å²) >= 11 is 0. The first-order valence-electron chi connectivity index (χ1n) is 6.37. The van der Waals surface area contributed by atoms with Crippen LogP contribution in [0, 0.1) is 0 Å². The van der Waals surface area contributed by atoms with Crippen LogP contribution in [0.3, 0.4) is 0 Å². The molecule has 3 heteroatoms. The van der Waals surface area contributed by atoms with Crippen molar-refractivity contribution in [3.8, 4) is 22.6 Å². The maximum absolute atomic E-state index is 5.45. The van der Waals surface area contributed by atoms with E-state index in [0.29, 0.717) is 0 Å². The van der Waals surface area contributed by atoms with Crippen molar-refractivity contribution >= 4 is 0 Å². The normalized spacial score (nSPS) is 13.2. The summed E-state index contributed by atoms with van der Waals surface area (Å²) in [7, 11) is 3.37. The van der Waals surface area contributed by atoms with Crippen molar-refractivity contribution < 1.29 is 9.47 Å². The zero-order valence-corrected chi connectivity index (χ0v) is 11.2. The third-order valence-corrected chi connectivity index (χ3v) is 3.55. The molecular weight excluding hydrogens is 238 g/mol. The molecule has 0 fully saturated rings. The molecule has 1 aliphatic heterocycles. The number of hydrogen-bond donors (Lipinski definition) is 1. The summed E-state index contributed by atoms with van der Waals surface area (Å²) in [6.45, 7) is 1.90. The lowest BCUT2D eigenvalue weighted by Crippen LogP contribution is -1.99. The Morgan fingerprint density at radius 1 is 0.895 bits per heavy atom. The molecule has 0 amide bonds. The highest BCUT2D eigenvalue weighted by atomic mass is 16.5. The van der Waals surface area contributed by atoms with Gasteiger partial charge >= 0.3 is 0 Å². The monoisotopic (exact) mass is 255 g/mol. The smallest absolute Gasteiger partial charge is 0.126 e. The number of rotatable bonds is 3. The lowest BCUT2D eigenvalue weighted by Gasteiger charge is -2.11. The summed E-state index contributed by atoms with van der Waals surface area (Å²) in [4.78, 5) is 0. The molecule has 0 spiro atoms. The average Bonchev–Trinajstić information content (AvgIpc) is 2.93. The molecule has 0 unspecified atom stereocenters. The molecular formula is C16H17NO2. The molecule has 1 aliphatic rings. The summed E-state index contributed by atoms with van der Waals surface area (Å²) < 4.78 is 10.7. The molecule has 0 aliphatic carbocycles. The fourth-order valence-corrected chi connectivity index (χ4v) is 2.50. The van der Waals surface area contributed by atoms with Gasteiger partial charge < -0.3 is 14.8 Å². The van der Waals surface area contributed by atoms with Crippen LogP contribution in [0.15, 0.2) is 36.4 Å². The molecule has 0 bridgehead atoms. The molecule has 98 valence electrons. The fourth-order valence-electron chi connectivity index (χ4n) is 2.50. The van der Waals surface area contributed by atoms with Gasteiger partial charge in [0.1, 0.15) is 11.5 Å². The Morgan fingerprint density at radius 3 is 2.53 bits per heavy atom. The van der Waals surface area contributed by atoms with E-state index in [4.69, 9.17) is 9.47 Å². The average molecular weight is 255 g/mol. The molecule has 3 nitrogen and oxygen atoms in total. The molecule has 0 radical (unpaired) electrons. The van der Waals surface area contributed by atoms with Gasteiger partial charge in [0.25, 0.3) is 0 Å². The van der Waals surface area contributed by atoms with E-state index in [1.807, 2.05) is 18.2 Å². The second-order valence-electron chi connectivity index (χ2n) is 4.65. The third-order valence-electron chi connectivity index (χ3n) is 3.55. The van der Waals surface area contributed by atoms with Crippen LogP contribution in [0.1, 0.15) is 11.1 Å². The molecule has 19 heavy (non-hydrogen) atoms. The first-order valence-corrected chi connectivity index (χ1v) is 6.37. The van der Waals surface area contributed by atoms with Gasteiger partial charge in [0.15, 0.2) is 0 Å². The largest absolute Gasteiger partial charge is 0.497 e. The lowest BCUT2D eigenvalue weighted by atomic mass is 9.99. The van der Waals surface area contributed by atoms with E-state index in [1.54, 1.807) is 14.2 Å². The van der Waals surface area contributed by atoms with Crippen molar-refractivity contribution in [1.82, 2.24) is 5.32 Å². The summed E-state index contributed by atoms with van der Waals surface area (Å²) in [5.74, 6) is 1.71.